The van der Waals surface area contributed by atoms with E-state index in [-0.39, 0.29) is 29.9 Å². The Labute approximate surface area is 121 Å². The predicted molar refractivity (Wildman–Crippen MR) is 81.2 cm³/mol. The summed E-state index contributed by atoms with van der Waals surface area (Å²) in [6.07, 6.45) is 0.0539. The van der Waals surface area contributed by atoms with Crippen molar-refractivity contribution in [1.29, 1.82) is 0 Å². The van der Waals surface area contributed by atoms with Gasteiger partial charge in [-0.15, -0.1) is 0 Å². The van der Waals surface area contributed by atoms with E-state index >= 15 is 0 Å². The van der Waals surface area contributed by atoms with Crippen LogP contribution >= 0.6 is 0 Å². The summed E-state index contributed by atoms with van der Waals surface area (Å²) in [5.41, 5.74) is 6.59. The Balaban J connectivity index is 2.79. The second-order valence-electron chi connectivity index (χ2n) is 6.07. The lowest BCUT2D eigenvalue weighted by atomic mass is 9.82. The van der Waals surface area contributed by atoms with Gasteiger partial charge in [0.15, 0.2) is 0 Å². The summed E-state index contributed by atoms with van der Waals surface area (Å²) in [5, 5.41) is 3.10. The zero-order chi connectivity index (χ0) is 15.2. The molecule has 20 heavy (non-hydrogen) atoms. The summed E-state index contributed by atoms with van der Waals surface area (Å²) < 4.78 is 5.16. The van der Waals surface area contributed by atoms with Crippen LogP contribution in [0.5, 0.6) is 0 Å². The molecule has 4 nitrogen and oxygen atoms in total. The third-order valence-corrected chi connectivity index (χ3v) is 3.31. The lowest BCUT2D eigenvalue weighted by molar-refractivity contribution is -0.124. The minimum atomic E-state index is -0.230. The molecule has 0 aliphatic heterocycles. The summed E-state index contributed by atoms with van der Waals surface area (Å²) in [7, 11) is 1.57. The molecule has 0 aliphatic carbocycles. The van der Waals surface area contributed by atoms with Gasteiger partial charge in [-0.3, -0.25) is 4.79 Å². The minimum Gasteiger partial charge on any atom is -0.380 e. The molecule has 0 saturated carbocycles. The van der Waals surface area contributed by atoms with Gasteiger partial charge in [0, 0.05) is 13.7 Å². The van der Waals surface area contributed by atoms with Gasteiger partial charge in [0.1, 0.15) is 0 Å². The predicted octanol–water partition coefficient (Wildman–Crippen LogP) is 2.25. The van der Waals surface area contributed by atoms with Gasteiger partial charge >= 0.3 is 0 Å². The zero-order valence-corrected chi connectivity index (χ0v) is 12.8. The number of carbonyl (C=O) groups excluding carboxylic acids is 1. The Morgan fingerprint density at radius 2 is 1.90 bits per heavy atom. The molecule has 1 amide bonds. The number of hydrogen-bond donors (Lipinski definition) is 2. The minimum absolute atomic E-state index is 0.0357. The van der Waals surface area contributed by atoms with Crippen molar-refractivity contribution in [2.75, 3.05) is 13.7 Å². The highest BCUT2D eigenvalue weighted by Crippen LogP contribution is 2.32. The highest BCUT2D eigenvalue weighted by atomic mass is 16.5. The number of nitrogens with two attached hydrogens (primary N) is 1. The molecule has 0 heterocycles. The van der Waals surface area contributed by atoms with Gasteiger partial charge < -0.3 is 15.8 Å². The van der Waals surface area contributed by atoms with Crippen LogP contribution in [0, 0.1) is 5.41 Å². The van der Waals surface area contributed by atoms with E-state index in [0.29, 0.717) is 6.54 Å². The fraction of sp³-hybridized carbons (Fsp3) is 0.562. The molecule has 4 heteroatoms. The maximum Gasteiger partial charge on any atom is 0.223 e. The SMILES string of the molecule is COC(CN)CC(=O)NC(c1ccccc1)C(C)(C)C. The maximum absolute atomic E-state index is 12.2. The number of amides is 1. The molecule has 0 aliphatic rings. The van der Waals surface area contributed by atoms with Crippen LogP contribution in [0.3, 0.4) is 0 Å². The van der Waals surface area contributed by atoms with Crippen LogP contribution in [-0.4, -0.2) is 25.7 Å². The first-order chi connectivity index (χ1) is 9.38. The van der Waals surface area contributed by atoms with Crippen LogP contribution in [-0.2, 0) is 9.53 Å². The van der Waals surface area contributed by atoms with E-state index < -0.39 is 0 Å². The quantitative estimate of drug-likeness (QED) is 0.839. The molecule has 2 atom stereocenters. The van der Waals surface area contributed by atoms with E-state index in [1.165, 1.54) is 0 Å². The van der Waals surface area contributed by atoms with Gasteiger partial charge in [0.05, 0.1) is 18.6 Å². The van der Waals surface area contributed by atoms with Crippen molar-refractivity contribution in [2.24, 2.45) is 11.1 Å². The molecule has 1 aromatic rings. The lowest BCUT2D eigenvalue weighted by Crippen LogP contribution is -2.39. The van der Waals surface area contributed by atoms with Crippen molar-refractivity contribution >= 4 is 5.91 Å². The third-order valence-electron chi connectivity index (χ3n) is 3.31. The number of rotatable bonds is 6. The van der Waals surface area contributed by atoms with Gasteiger partial charge in [-0.2, -0.15) is 0 Å². The smallest absolute Gasteiger partial charge is 0.223 e. The van der Waals surface area contributed by atoms with Gasteiger partial charge in [0.25, 0.3) is 0 Å². The second-order valence-corrected chi connectivity index (χ2v) is 6.07. The molecule has 0 radical (unpaired) electrons. The Morgan fingerprint density at radius 1 is 1.30 bits per heavy atom. The molecule has 1 rings (SSSR count). The molecule has 1 aromatic carbocycles. The molecular formula is C16H26N2O2. The first-order valence-corrected chi connectivity index (χ1v) is 6.95. The number of ether oxygens (including phenoxy) is 1. The molecule has 0 spiro atoms. The topological polar surface area (TPSA) is 64.3 Å². The van der Waals surface area contributed by atoms with Gasteiger partial charge in [-0.1, -0.05) is 51.1 Å². The largest absolute Gasteiger partial charge is 0.380 e. The summed E-state index contributed by atoms with van der Waals surface area (Å²) >= 11 is 0. The Morgan fingerprint density at radius 3 is 2.35 bits per heavy atom. The van der Waals surface area contributed by atoms with Crippen molar-refractivity contribution in [3.05, 3.63) is 35.9 Å². The summed E-state index contributed by atoms with van der Waals surface area (Å²) in [6.45, 7) is 6.68. The summed E-state index contributed by atoms with van der Waals surface area (Å²) in [4.78, 5) is 12.2. The van der Waals surface area contributed by atoms with Crippen molar-refractivity contribution in [1.82, 2.24) is 5.32 Å². The van der Waals surface area contributed by atoms with Crippen LogP contribution < -0.4 is 11.1 Å². The normalized spacial score (nSPS) is 14.7. The van der Waals surface area contributed by atoms with Gasteiger partial charge in [-0.25, -0.2) is 0 Å². The molecule has 0 saturated heterocycles. The molecule has 2 unspecified atom stereocenters. The monoisotopic (exact) mass is 278 g/mol. The highest BCUT2D eigenvalue weighted by Gasteiger charge is 2.28. The molecular weight excluding hydrogens is 252 g/mol. The molecule has 112 valence electrons. The Kier molecular flexibility index (Phi) is 6.17. The molecule has 0 bridgehead atoms. The number of benzene rings is 1. The standard InChI is InChI=1S/C16H26N2O2/c1-16(2,3)15(12-8-6-5-7-9-12)18-14(19)10-13(11-17)20-4/h5-9,13,15H,10-11,17H2,1-4H3,(H,18,19). The Bertz CT molecular complexity index is 408. The van der Waals surface area contributed by atoms with E-state index in [1.54, 1.807) is 7.11 Å². The molecule has 0 aromatic heterocycles. The Hall–Kier alpha value is -1.39. The van der Waals surface area contributed by atoms with Crippen molar-refractivity contribution < 1.29 is 9.53 Å². The number of hydrogen-bond acceptors (Lipinski definition) is 3. The zero-order valence-electron chi connectivity index (χ0n) is 12.8. The summed E-state index contributed by atoms with van der Waals surface area (Å²) in [5.74, 6) is -0.0360. The van der Waals surface area contributed by atoms with Gasteiger partial charge in [-0.05, 0) is 11.0 Å². The number of carbonyl (C=O) groups is 1. The average molecular weight is 278 g/mol. The molecule has 0 fully saturated rings. The van der Waals surface area contributed by atoms with E-state index in [1.807, 2.05) is 30.3 Å². The van der Waals surface area contributed by atoms with E-state index in [2.05, 4.69) is 26.1 Å². The average Bonchev–Trinajstić information content (AvgIpc) is 2.42. The van der Waals surface area contributed by atoms with Crippen LogP contribution in [0.15, 0.2) is 30.3 Å². The first-order valence-electron chi connectivity index (χ1n) is 6.95. The number of nitrogens with one attached hydrogen (secondary N) is 1. The first kappa shape index (κ1) is 16.7. The van der Waals surface area contributed by atoms with Crippen LogP contribution in [0.2, 0.25) is 0 Å². The maximum atomic E-state index is 12.2. The second kappa shape index (κ2) is 7.41. The number of methoxy groups -OCH3 is 1. The van der Waals surface area contributed by atoms with Crippen LogP contribution in [0.4, 0.5) is 0 Å². The van der Waals surface area contributed by atoms with E-state index in [0.717, 1.165) is 5.56 Å². The lowest BCUT2D eigenvalue weighted by Gasteiger charge is -2.32. The van der Waals surface area contributed by atoms with Crippen LogP contribution in [0.25, 0.3) is 0 Å². The van der Waals surface area contributed by atoms with Crippen molar-refractivity contribution in [2.45, 2.75) is 39.3 Å². The fourth-order valence-corrected chi connectivity index (χ4v) is 2.13. The van der Waals surface area contributed by atoms with E-state index in [9.17, 15) is 4.79 Å². The highest BCUT2D eigenvalue weighted by molar-refractivity contribution is 5.77. The third kappa shape index (κ3) is 4.94. The molecule has 3 N–H and O–H groups in total. The van der Waals surface area contributed by atoms with Gasteiger partial charge in [0.2, 0.25) is 5.91 Å². The van der Waals surface area contributed by atoms with Crippen molar-refractivity contribution in [3.63, 3.8) is 0 Å². The van der Waals surface area contributed by atoms with Crippen LogP contribution in [0.1, 0.15) is 38.8 Å². The fourth-order valence-electron chi connectivity index (χ4n) is 2.13. The summed E-state index contributed by atoms with van der Waals surface area (Å²) in [6, 6.07) is 9.97. The van der Waals surface area contributed by atoms with Crippen molar-refractivity contribution in [3.8, 4) is 0 Å². The van der Waals surface area contributed by atoms with E-state index in [4.69, 9.17) is 10.5 Å².